The van der Waals surface area contributed by atoms with Gasteiger partial charge in [0, 0.05) is 5.41 Å². The van der Waals surface area contributed by atoms with Gasteiger partial charge in [0.05, 0.1) is 0 Å². The van der Waals surface area contributed by atoms with E-state index >= 15 is 0 Å². The minimum absolute atomic E-state index is 0.0139. The highest BCUT2D eigenvalue weighted by atomic mass is 16.1. The molecule has 8 heavy (non-hydrogen) atoms. The van der Waals surface area contributed by atoms with Crippen molar-refractivity contribution in [1.29, 1.82) is 0 Å². The van der Waals surface area contributed by atoms with E-state index < -0.39 is 0 Å². The van der Waals surface area contributed by atoms with Crippen LogP contribution < -0.4 is 0 Å². The Hall–Kier alpha value is -0.330. The van der Waals surface area contributed by atoms with E-state index in [4.69, 9.17) is 0 Å². The number of rotatable bonds is 2. The van der Waals surface area contributed by atoms with E-state index in [9.17, 15) is 4.79 Å². The lowest BCUT2D eigenvalue weighted by Gasteiger charge is -1.97. The summed E-state index contributed by atoms with van der Waals surface area (Å²) in [5, 5.41) is 0. The Morgan fingerprint density at radius 3 is 2.38 bits per heavy atom. The third kappa shape index (κ3) is 0.575. The molecule has 0 amide bonds. The standard InChI is InChI=1S/C7H11O/c1-3-7(5-8)4-6(7)2/h6H,3-4H2,1-2H3. The Balaban J connectivity index is 2.51. The molecule has 0 N–H and O–H groups in total. The van der Waals surface area contributed by atoms with Gasteiger partial charge in [-0.05, 0) is 18.8 Å². The maximum Gasteiger partial charge on any atom is 0.205 e. The van der Waals surface area contributed by atoms with Crippen LogP contribution in [-0.2, 0) is 4.79 Å². The molecule has 1 heteroatoms. The summed E-state index contributed by atoms with van der Waals surface area (Å²) < 4.78 is 0. The average Bonchev–Trinajstić information content (AvgIpc) is 2.43. The Morgan fingerprint density at radius 2 is 2.38 bits per heavy atom. The first-order valence-corrected chi connectivity index (χ1v) is 3.14. The fraction of sp³-hybridized carbons (Fsp3) is 0.857. The summed E-state index contributed by atoms with van der Waals surface area (Å²) >= 11 is 0. The quantitative estimate of drug-likeness (QED) is 0.528. The van der Waals surface area contributed by atoms with Gasteiger partial charge in [-0.25, -0.2) is 0 Å². The highest BCUT2D eigenvalue weighted by molar-refractivity contribution is 5.65. The van der Waals surface area contributed by atoms with Crippen LogP contribution >= 0.6 is 0 Å². The zero-order chi connectivity index (χ0) is 6.20. The summed E-state index contributed by atoms with van der Waals surface area (Å²) in [6.07, 6.45) is 4.13. The highest BCUT2D eigenvalue weighted by Gasteiger charge is 2.50. The van der Waals surface area contributed by atoms with Gasteiger partial charge in [-0.3, -0.25) is 4.79 Å². The van der Waals surface area contributed by atoms with E-state index in [2.05, 4.69) is 20.1 Å². The van der Waals surface area contributed by atoms with Gasteiger partial charge in [0.25, 0.3) is 0 Å². The number of carbonyl (C=O) groups excluding carboxylic acids is 1. The summed E-state index contributed by atoms with van der Waals surface area (Å²) in [6, 6.07) is 0. The largest absolute Gasteiger partial charge is 0.290 e. The molecule has 0 heterocycles. The van der Waals surface area contributed by atoms with Crippen molar-refractivity contribution in [1.82, 2.24) is 0 Å². The minimum Gasteiger partial charge on any atom is -0.290 e. The Kier molecular flexibility index (Phi) is 1.14. The zero-order valence-electron chi connectivity index (χ0n) is 5.40. The first kappa shape index (κ1) is 5.80. The van der Waals surface area contributed by atoms with Crippen molar-refractivity contribution in [2.24, 2.45) is 11.3 Å². The molecule has 2 unspecified atom stereocenters. The normalized spacial score (nSPS) is 44.0. The van der Waals surface area contributed by atoms with Crippen LogP contribution in [0.15, 0.2) is 0 Å². The van der Waals surface area contributed by atoms with E-state index in [0.29, 0.717) is 5.92 Å². The van der Waals surface area contributed by atoms with Crippen LogP contribution in [0, 0.1) is 11.3 Å². The molecule has 2 atom stereocenters. The molecule has 0 spiro atoms. The molecule has 0 saturated heterocycles. The van der Waals surface area contributed by atoms with Crippen molar-refractivity contribution in [2.75, 3.05) is 0 Å². The Bertz CT molecular complexity index is 105. The molecule has 1 rings (SSSR count). The molecule has 1 fully saturated rings. The first-order chi connectivity index (χ1) is 3.75. The fourth-order valence-corrected chi connectivity index (χ4v) is 1.19. The van der Waals surface area contributed by atoms with Gasteiger partial charge in [-0.2, -0.15) is 0 Å². The fourth-order valence-electron chi connectivity index (χ4n) is 1.19. The predicted molar refractivity (Wildman–Crippen MR) is 32.2 cm³/mol. The minimum atomic E-state index is -0.0139. The second-order valence-corrected chi connectivity index (χ2v) is 2.72. The van der Waals surface area contributed by atoms with E-state index in [1.807, 2.05) is 0 Å². The molecule has 0 aromatic heterocycles. The van der Waals surface area contributed by atoms with Gasteiger partial charge in [-0.1, -0.05) is 13.8 Å². The molecule has 1 aliphatic rings. The van der Waals surface area contributed by atoms with Crippen LogP contribution in [0.5, 0.6) is 0 Å². The van der Waals surface area contributed by atoms with E-state index in [1.165, 1.54) is 0 Å². The van der Waals surface area contributed by atoms with Crippen molar-refractivity contribution < 1.29 is 4.79 Å². The van der Waals surface area contributed by atoms with E-state index in [1.54, 1.807) is 0 Å². The van der Waals surface area contributed by atoms with E-state index in [0.717, 1.165) is 12.8 Å². The third-order valence-corrected chi connectivity index (χ3v) is 2.29. The molecule has 0 bridgehead atoms. The number of hydrogen-bond acceptors (Lipinski definition) is 1. The second kappa shape index (κ2) is 1.57. The molecule has 1 saturated carbocycles. The van der Waals surface area contributed by atoms with Crippen LogP contribution in [0.4, 0.5) is 0 Å². The maximum absolute atomic E-state index is 10.2. The van der Waals surface area contributed by atoms with Gasteiger partial charge in [-0.15, -0.1) is 0 Å². The number of hydrogen-bond donors (Lipinski definition) is 0. The first-order valence-electron chi connectivity index (χ1n) is 3.14. The summed E-state index contributed by atoms with van der Waals surface area (Å²) in [5.41, 5.74) is -0.0139. The molecule has 1 nitrogen and oxygen atoms in total. The van der Waals surface area contributed by atoms with Gasteiger partial charge in [0.2, 0.25) is 6.29 Å². The topological polar surface area (TPSA) is 17.1 Å². The molecule has 0 aliphatic heterocycles. The lowest BCUT2D eigenvalue weighted by molar-refractivity contribution is 0.493. The Labute approximate surface area is 50.1 Å². The highest BCUT2D eigenvalue weighted by Crippen LogP contribution is 2.52. The van der Waals surface area contributed by atoms with Crippen LogP contribution in [0.25, 0.3) is 0 Å². The van der Waals surface area contributed by atoms with Crippen LogP contribution in [0.3, 0.4) is 0 Å². The third-order valence-electron chi connectivity index (χ3n) is 2.29. The lowest BCUT2D eigenvalue weighted by atomic mass is 10.0. The summed E-state index contributed by atoms with van der Waals surface area (Å²) in [6.45, 7) is 4.16. The molecule has 45 valence electrons. The molecule has 1 aliphatic carbocycles. The molecule has 1 radical (unpaired) electrons. The molecular weight excluding hydrogens is 100 g/mol. The van der Waals surface area contributed by atoms with Crippen molar-refractivity contribution in [2.45, 2.75) is 26.7 Å². The SMILES string of the molecule is CCC1([C]=O)CC1C. The maximum atomic E-state index is 10.2. The predicted octanol–water partition coefficient (Wildman–Crippen LogP) is 1.53. The van der Waals surface area contributed by atoms with Crippen molar-refractivity contribution in [3.8, 4) is 0 Å². The van der Waals surface area contributed by atoms with Crippen molar-refractivity contribution in [3.05, 3.63) is 0 Å². The van der Waals surface area contributed by atoms with Crippen LogP contribution in [-0.4, -0.2) is 6.29 Å². The summed E-state index contributed by atoms with van der Waals surface area (Å²) in [5.74, 6) is 0.602. The smallest absolute Gasteiger partial charge is 0.205 e. The van der Waals surface area contributed by atoms with Gasteiger partial charge >= 0.3 is 0 Å². The summed E-state index contributed by atoms with van der Waals surface area (Å²) in [7, 11) is 0. The van der Waals surface area contributed by atoms with Crippen LogP contribution in [0.1, 0.15) is 26.7 Å². The monoisotopic (exact) mass is 111 g/mol. The van der Waals surface area contributed by atoms with Crippen LogP contribution in [0.2, 0.25) is 0 Å². The lowest BCUT2D eigenvalue weighted by Crippen LogP contribution is -2.01. The van der Waals surface area contributed by atoms with Gasteiger partial charge in [0.15, 0.2) is 0 Å². The van der Waals surface area contributed by atoms with Crippen molar-refractivity contribution in [3.63, 3.8) is 0 Å². The van der Waals surface area contributed by atoms with Gasteiger partial charge in [0.1, 0.15) is 0 Å². The zero-order valence-corrected chi connectivity index (χ0v) is 5.40. The van der Waals surface area contributed by atoms with Gasteiger partial charge < -0.3 is 0 Å². The molecule has 0 aromatic carbocycles. The Morgan fingerprint density at radius 1 is 1.88 bits per heavy atom. The molecular formula is C7H11O. The second-order valence-electron chi connectivity index (χ2n) is 2.72. The summed E-state index contributed by atoms with van der Waals surface area (Å²) in [4.78, 5) is 10.2. The van der Waals surface area contributed by atoms with E-state index in [-0.39, 0.29) is 5.41 Å². The molecule has 0 aromatic rings. The average molecular weight is 111 g/mol. The van der Waals surface area contributed by atoms with Crippen molar-refractivity contribution >= 4 is 6.29 Å².